The molecule has 8 heteroatoms. The van der Waals surface area contributed by atoms with E-state index < -0.39 is 0 Å². The van der Waals surface area contributed by atoms with Gasteiger partial charge in [0.05, 0.1) is 6.20 Å². The summed E-state index contributed by atoms with van der Waals surface area (Å²) in [4.78, 5) is 14.3. The van der Waals surface area contributed by atoms with Crippen molar-refractivity contribution in [2.24, 2.45) is 11.8 Å². The van der Waals surface area contributed by atoms with Crippen molar-refractivity contribution >= 4 is 17.9 Å². The van der Waals surface area contributed by atoms with E-state index in [1.807, 2.05) is 17.6 Å². The Hall–Kier alpha value is -2.97. The lowest BCUT2D eigenvalue weighted by Gasteiger charge is -2.22. The van der Waals surface area contributed by atoms with Crippen molar-refractivity contribution in [2.75, 3.05) is 38.3 Å². The van der Waals surface area contributed by atoms with E-state index in [4.69, 9.17) is 14.5 Å². The zero-order chi connectivity index (χ0) is 28.3. The number of carbonyl (C=O) groups excluding carboxylic acids is 1. The Kier molecular flexibility index (Phi) is 11.4. The number of carbonyl (C=O) groups is 1. The minimum Gasteiger partial charge on any atom is -0.381 e. The summed E-state index contributed by atoms with van der Waals surface area (Å²) in [6.07, 6.45) is 11.2. The molecule has 0 bridgehead atoms. The van der Waals surface area contributed by atoms with E-state index in [0.717, 1.165) is 86.4 Å². The molecule has 2 N–H and O–H groups in total. The van der Waals surface area contributed by atoms with Gasteiger partial charge < -0.3 is 20.1 Å². The van der Waals surface area contributed by atoms with Gasteiger partial charge in [-0.3, -0.25) is 4.79 Å². The lowest BCUT2D eigenvalue weighted by molar-refractivity contribution is -0.109. The first-order valence-electron chi connectivity index (χ1n) is 15.0. The average Bonchev–Trinajstić information content (AvgIpc) is 3.71. The first-order valence-corrected chi connectivity index (χ1v) is 15.0. The predicted molar refractivity (Wildman–Crippen MR) is 161 cm³/mol. The number of hydrogen-bond donors (Lipinski definition) is 2. The number of anilines is 1. The number of hydrogen-bond acceptors (Lipinski definition) is 6. The summed E-state index contributed by atoms with van der Waals surface area (Å²) < 4.78 is 12.7. The monoisotopic (exact) mass is 549 g/mol. The molecule has 3 fully saturated rings. The van der Waals surface area contributed by atoms with Crippen LogP contribution in [0.4, 0.5) is 5.82 Å². The highest BCUT2D eigenvalue weighted by Gasteiger charge is 2.19. The molecule has 6 rings (SSSR count). The topological polar surface area (TPSA) is 89.8 Å². The Balaban J connectivity index is 0.000000215. The highest BCUT2D eigenvalue weighted by atomic mass is 16.5. The molecule has 2 aromatic heterocycles. The van der Waals surface area contributed by atoms with Crippen molar-refractivity contribution in [3.8, 4) is 11.1 Å². The number of aryl methyl sites for hydroxylation is 3. The first kappa shape index (κ1) is 30.0. The number of nitrogens with one attached hydrogen (secondary N) is 2. The molecule has 2 saturated heterocycles. The smallest absolute Gasteiger partial charge is 0.207 e. The summed E-state index contributed by atoms with van der Waals surface area (Å²) in [5.74, 6) is 2.53. The first-order chi connectivity index (χ1) is 19.5. The normalized spacial score (nSPS) is 19.1. The summed E-state index contributed by atoms with van der Waals surface area (Å²) in [5, 5.41) is 10.8. The summed E-state index contributed by atoms with van der Waals surface area (Å²) in [6.45, 7) is 13.2. The minimum absolute atomic E-state index is 0.530. The van der Waals surface area contributed by atoms with Gasteiger partial charge in [-0.25, -0.2) is 4.98 Å². The van der Waals surface area contributed by atoms with Crippen molar-refractivity contribution in [2.45, 2.75) is 78.7 Å². The standard InChI is InChI=1S/C21H26N4O.C7H14O.C4H7NO/c1-14-4-5-18(10-15(14)2)19-13-23-25-20(11-16(3)24-21(19)25)22-12-17-6-8-26-9-7-17;1-2-7-4-3-5-8-6-7;6-3-5-4-1-2-4/h4-5,10-11,13,17,22H,6-9,12H2,1-3H3;7H,2-6H2,1H3;3-4H,1-2H2,(H,5,6). The Morgan fingerprint density at radius 3 is 2.38 bits per heavy atom. The van der Waals surface area contributed by atoms with Gasteiger partial charge in [-0.05, 0) is 87.8 Å². The maximum Gasteiger partial charge on any atom is 0.207 e. The zero-order valence-corrected chi connectivity index (χ0v) is 24.7. The molecule has 1 aromatic carbocycles. The average molecular weight is 550 g/mol. The van der Waals surface area contributed by atoms with Crippen LogP contribution in [0.25, 0.3) is 16.8 Å². The fourth-order valence-electron chi connectivity index (χ4n) is 5.00. The van der Waals surface area contributed by atoms with Crippen LogP contribution in [0.3, 0.4) is 0 Å². The largest absolute Gasteiger partial charge is 0.381 e. The van der Waals surface area contributed by atoms with Gasteiger partial charge in [0.25, 0.3) is 0 Å². The Morgan fingerprint density at radius 1 is 0.975 bits per heavy atom. The maximum atomic E-state index is 9.54. The van der Waals surface area contributed by atoms with E-state index in [1.54, 1.807) is 0 Å². The number of aromatic nitrogens is 3. The second kappa shape index (κ2) is 15.1. The third-order valence-electron chi connectivity index (χ3n) is 8.04. The minimum atomic E-state index is 0.530. The van der Waals surface area contributed by atoms with Crippen LogP contribution >= 0.6 is 0 Å². The Labute approximate surface area is 239 Å². The van der Waals surface area contributed by atoms with Crippen LogP contribution in [0.2, 0.25) is 0 Å². The van der Waals surface area contributed by atoms with Gasteiger partial charge in [-0.15, -0.1) is 0 Å². The quantitative estimate of drug-likeness (QED) is 0.358. The SMILES string of the molecule is CCC1CCCOC1.Cc1cc(NCC2CCOCC2)n2ncc(-c3ccc(C)c(C)c3)c2n1.O=CNC1CC1. The van der Waals surface area contributed by atoms with Crippen molar-refractivity contribution in [3.63, 3.8) is 0 Å². The van der Waals surface area contributed by atoms with E-state index in [-0.39, 0.29) is 0 Å². The van der Waals surface area contributed by atoms with Crippen LogP contribution in [-0.2, 0) is 14.3 Å². The number of amides is 1. The van der Waals surface area contributed by atoms with E-state index in [9.17, 15) is 4.79 Å². The molecule has 1 aliphatic carbocycles. The van der Waals surface area contributed by atoms with Gasteiger partial charge in [0.2, 0.25) is 6.41 Å². The highest BCUT2D eigenvalue weighted by Crippen LogP contribution is 2.28. The molecule has 3 aliphatic rings. The van der Waals surface area contributed by atoms with Gasteiger partial charge >= 0.3 is 0 Å². The summed E-state index contributed by atoms with van der Waals surface area (Å²) in [6, 6.07) is 9.13. The third-order valence-corrected chi connectivity index (χ3v) is 8.04. The van der Waals surface area contributed by atoms with Gasteiger partial charge in [-0.1, -0.05) is 31.5 Å². The molecule has 3 aromatic rings. The van der Waals surface area contributed by atoms with Gasteiger partial charge in [0, 0.05) is 56.3 Å². The molecule has 4 heterocycles. The summed E-state index contributed by atoms with van der Waals surface area (Å²) in [5.41, 5.74) is 6.73. The van der Waals surface area contributed by atoms with Crippen LogP contribution in [0.5, 0.6) is 0 Å². The molecule has 2 aliphatic heterocycles. The molecule has 0 radical (unpaired) electrons. The van der Waals surface area contributed by atoms with Gasteiger partial charge in [0.15, 0.2) is 5.65 Å². The predicted octanol–water partition coefficient (Wildman–Crippen LogP) is 5.88. The van der Waals surface area contributed by atoms with E-state index in [0.29, 0.717) is 12.0 Å². The summed E-state index contributed by atoms with van der Waals surface area (Å²) in [7, 11) is 0. The molecule has 40 heavy (non-hydrogen) atoms. The molecule has 1 atom stereocenters. The molecule has 218 valence electrons. The lowest BCUT2D eigenvalue weighted by atomic mass is 10.0. The van der Waals surface area contributed by atoms with Crippen molar-refractivity contribution in [1.29, 1.82) is 0 Å². The maximum absolute atomic E-state index is 9.54. The zero-order valence-electron chi connectivity index (χ0n) is 24.7. The molecule has 0 spiro atoms. The van der Waals surface area contributed by atoms with Gasteiger partial charge in [-0.2, -0.15) is 9.61 Å². The highest BCUT2D eigenvalue weighted by molar-refractivity contribution is 5.78. The third kappa shape index (κ3) is 8.77. The van der Waals surface area contributed by atoms with E-state index in [1.165, 1.54) is 43.2 Å². The number of benzene rings is 1. The molecule has 8 nitrogen and oxygen atoms in total. The second-order valence-corrected chi connectivity index (χ2v) is 11.4. The van der Waals surface area contributed by atoms with Crippen LogP contribution in [0, 0.1) is 32.6 Å². The van der Waals surface area contributed by atoms with E-state index in [2.05, 4.69) is 60.8 Å². The van der Waals surface area contributed by atoms with Crippen LogP contribution in [-0.4, -0.2) is 60.0 Å². The van der Waals surface area contributed by atoms with Crippen molar-refractivity contribution < 1.29 is 14.3 Å². The van der Waals surface area contributed by atoms with Crippen LogP contribution in [0.15, 0.2) is 30.5 Å². The molecular formula is C32H47N5O3. The van der Waals surface area contributed by atoms with Crippen LogP contribution in [0.1, 0.15) is 68.7 Å². The molecule has 1 unspecified atom stereocenters. The van der Waals surface area contributed by atoms with E-state index >= 15 is 0 Å². The summed E-state index contributed by atoms with van der Waals surface area (Å²) >= 11 is 0. The van der Waals surface area contributed by atoms with Crippen molar-refractivity contribution in [3.05, 3.63) is 47.3 Å². The fraction of sp³-hybridized carbons (Fsp3) is 0.594. The van der Waals surface area contributed by atoms with Crippen LogP contribution < -0.4 is 10.6 Å². The number of nitrogens with zero attached hydrogens (tertiary/aromatic N) is 3. The number of rotatable bonds is 7. The number of fused-ring (bicyclic) bond motifs is 1. The number of ether oxygens (including phenoxy) is 2. The molecular weight excluding hydrogens is 502 g/mol. The fourth-order valence-corrected chi connectivity index (χ4v) is 5.00. The van der Waals surface area contributed by atoms with Gasteiger partial charge in [0.1, 0.15) is 5.82 Å². The molecule has 1 saturated carbocycles. The lowest BCUT2D eigenvalue weighted by Crippen LogP contribution is -2.23. The molecule has 1 amide bonds. The van der Waals surface area contributed by atoms with Crippen molar-refractivity contribution in [1.82, 2.24) is 19.9 Å². The Bertz CT molecular complexity index is 1210. The Morgan fingerprint density at radius 2 is 1.77 bits per heavy atom. The second-order valence-electron chi connectivity index (χ2n) is 11.4.